The van der Waals surface area contributed by atoms with Crippen molar-refractivity contribution < 1.29 is 14.3 Å². The molecule has 0 spiro atoms. The molecule has 0 aliphatic heterocycles. The number of furan rings is 1. The zero-order valence-corrected chi connectivity index (χ0v) is 18.0. The van der Waals surface area contributed by atoms with Crippen LogP contribution < -0.4 is 5.32 Å². The number of halogens is 1. The normalized spacial score (nSPS) is 10.6. The van der Waals surface area contributed by atoms with Crippen LogP contribution in [0.25, 0.3) is 17.0 Å². The highest BCUT2D eigenvalue weighted by molar-refractivity contribution is 7.99. The number of carbonyl (C=O) groups is 1. The van der Waals surface area contributed by atoms with E-state index in [9.17, 15) is 4.79 Å². The topological polar surface area (TPSA) is 106 Å². The smallest absolute Gasteiger partial charge is 0.335 e. The van der Waals surface area contributed by atoms with E-state index in [1.165, 1.54) is 0 Å². The Hall–Kier alpha value is -3.14. The lowest BCUT2D eigenvalue weighted by molar-refractivity contribution is 0.0697. The second-order valence-corrected chi connectivity index (χ2v) is 7.44. The Morgan fingerprint density at radius 3 is 2.58 bits per heavy atom. The van der Waals surface area contributed by atoms with Gasteiger partial charge < -0.3 is 14.8 Å². The molecule has 0 aliphatic rings. The number of carboxylic acid groups (broad SMARTS) is 1. The lowest BCUT2D eigenvalue weighted by Crippen LogP contribution is -2.16. The fraction of sp³-hybridized carbons (Fsp3) is 0.143. The largest absolute Gasteiger partial charge is 0.478 e. The molecular formula is C21H20ClN5O3S. The molecule has 0 unspecified atom stereocenters. The summed E-state index contributed by atoms with van der Waals surface area (Å²) in [4.78, 5) is 10.9. The first kappa shape index (κ1) is 22.5. The summed E-state index contributed by atoms with van der Waals surface area (Å²) in [7, 11) is 0. The average molecular weight is 458 g/mol. The van der Waals surface area contributed by atoms with Crippen LogP contribution >= 0.6 is 24.2 Å². The van der Waals surface area contributed by atoms with E-state index in [4.69, 9.17) is 9.52 Å². The van der Waals surface area contributed by atoms with E-state index in [1.807, 2.05) is 42.5 Å². The molecule has 0 atom stereocenters. The fourth-order valence-corrected chi connectivity index (χ4v) is 3.62. The van der Waals surface area contributed by atoms with Gasteiger partial charge in [-0.25, -0.2) is 4.79 Å². The van der Waals surface area contributed by atoms with Gasteiger partial charge in [-0.1, -0.05) is 42.1 Å². The molecule has 0 saturated carbocycles. The third-order valence-electron chi connectivity index (χ3n) is 4.33. The van der Waals surface area contributed by atoms with Crippen LogP contribution in [0.3, 0.4) is 0 Å². The average Bonchev–Trinajstić information content (AvgIpc) is 3.44. The minimum atomic E-state index is -0.943. The van der Waals surface area contributed by atoms with E-state index >= 15 is 0 Å². The van der Waals surface area contributed by atoms with Crippen molar-refractivity contribution in [3.8, 4) is 17.0 Å². The molecule has 31 heavy (non-hydrogen) atoms. The highest BCUT2D eigenvalue weighted by Gasteiger charge is 2.09. The molecule has 160 valence electrons. The highest BCUT2D eigenvalue weighted by atomic mass is 35.5. The zero-order valence-electron chi connectivity index (χ0n) is 16.3. The Morgan fingerprint density at radius 1 is 1.06 bits per heavy atom. The number of aromatic nitrogens is 4. The minimum Gasteiger partial charge on any atom is -0.478 e. The van der Waals surface area contributed by atoms with Gasteiger partial charge in [-0.05, 0) is 46.8 Å². The number of benzene rings is 2. The monoisotopic (exact) mass is 457 g/mol. The number of hydrogen-bond donors (Lipinski definition) is 2. The van der Waals surface area contributed by atoms with Crippen molar-refractivity contribution in [2.24, 2.45) is 0 Å². The molecule has 8 nitrogen and oxygen atoms in total. The Bertz CT molecular complexity index is 1120. The van der Waals surface area contributed by atoms with E-state index in [-0.39, 0.29) is 18.0 Å². The van der Waals surface area contributed by atoms with E-state index < -0.39 is 5.97 Å². The van der Waals surface area contributed by atoms with E-state index in [1.54, 1.807) is 40.7 Å². The second-order valence-electron chi connectivity index (χ2n) is 6.38. The van der Waals surface area contributed by atoms with Crippen LogP contribution in [0.15, 0.2) is 76.3 Å². The van der Waals surface area contributed by atoms with Gasteiger partial charge in [0.15, 0.2) is 0 Å². The lowest BCUT2D eigenvalue weighted by atomic mass is 10.1. The van der Waals surface area contributed by atoms with Gasteiger partial charge in [0.25, 0.3) is 0 Å². The van der Waals surface area contributed by atoms with Gasteiger partial charge in [0, 0.05) is 17.9 Å². The van der Waals surface area contributed by atoms with Crippen LogP contribution in [-0.4, -0.2) is 43.6 Å². The molecule has 2 aromatic heterocycles. The highest BCUT2D eigenvalue weighted by Crippen LogP contribution is 2.23. The maximum atomic E-state index is 10.9. The third kappa shape index (κ3) is 5.72. The maximum absolute atomic E-state index is 10.9. The number of tetrazole rings is 1. The van der Waals surface area contributed by atoms with Crippen molar-refractivity contribution in [1.82, 2.24) is 25.5 Å². The SMILES string of the molecule is Cl.O=C(O)c1ccc(-c2ccc(CNCCSc3nnnn3-c3ccccc3)o2)cc1. The lowest BCUT2D eigenvalue weighted by Gasteiger charge is -2.05. The van der Waals surface area contributed by atoms with Crippen LogP contribution in [0.1, 0.15) is 16.1 Å². The first-order valence-electron chi connectivity index (χ1n) is 9.30. The molecule has 4 rings (SSSR count). The molecule has 2 heterocycles. The van der Waals surface area contributed by atoms with Gasteiger partial charge >= 0.3 is 5.97 Å². The molecule has 0 fully saturated rings. The van der Waals surface area contributed by atoms with E-state index in [2.05, 4.69) is 20.8 Å². The van der Waals surface area contributed by atoms with Crippen molar-refractivity contribution in [3.63, 3.8) is 0 Å². The first-order chi connectivity index (χ1) is 14.7. The van der Waals surface area contributed by atoms with Gasteiger partial charge in [-0.2, -0.15) is 4.68 Å². The van der Waals surface area contributed by atoms with Crippen molar-refractivity contribution >= 4 is 30.1 Å². The molecular weight excluding hydrogens is 438 g/mol. The fourth-order valence-electron chi connectivity index (χ4n) is 2.83. The van der Waals surface area contributed by atoms with Gasteiger partial charge in [0.2, 0.25) is 5.16 Å². The van der Waals surface area contributed by atoms with Gasteiger partial charge in [0.1, 0.15) is 11.5 Å². The summed E-state index contributed by atoms with van der Waals surface area (Å²) in [6.07, 6.45) is 0. The molecule has 2 aromatic carbocycles. The molecule has 0 bridgehead atoms. The maximum Gasteiger partial charge on any atom is 0.335 e. The summed E-state index contributed by atoms with van der Waals surface area (Å²) in [6, 6.07) is 20.2. The number of thioether (sulfide) groups is 1. The summed E-state index contributed by atoms with van der Waals surface area (Å²) >= 11 is 1.58. The molecule has 2 N–H and O–H groups in total. The van der Waals surface area contributed by atoms with Crippen molar-refractivity contribution in [2.75, 3.05) is 12.3 Å². The molecule has 0 saturated heterocycles. The standard InChI is InChI=1S/C21H19N5O3S.ClH/c27-20(28)16-8-6-15(7-9-16)19-11-10-18(29-19)14-22-12-13-30-21-23-24-25-26(21)17-4-2-1-3-5-17;/h1-11,22H,12-14H2,(H,27,28);1H. The van der Waals surface area contributed by atoms with Crippen molar-refractivity contribution in [3.05, 3.63) is 78.1 Å². The number of hydrogen-bond acceptors (Lipinski definition) is 7. The second kappa shape index (κ2) is 10.8. The number of nitrogens with one attached hydrogen (secondary N) is 1. The van der Waals surface area contributed by atoms with Crippen LogP contribution in [0.5, 0.6) is 0 Å². The Balaban J connectivity index is 0.00000272. The predicted molar refractivity (Wildman–Crippen MR) is 120 cm³/mol. The summed E-state index contributed by atoms with van der Waals surface area (Å²) < 4.78 is 7.57. The Labute approximate surface area is 189 Å². The van der Waals surface area contributed by atoms with Crippen LogP contribution in [-0.2, 0) is 6.54 Å². The van der Waals surface area contributed by atoms with Gasteiger partial charge in [-0.3, -0.25) is 0 Å². The van der Waals surface area contributed by atoms with Crippen LogP contribution in [0, 0.1) is 0 Å². The number of aromatic carboxylic acids is 1. The summed E-state index contributed by atoms with van der Waals surface area (Å²) in [5.41, 5.74) is 2.02. The third-order valence-corrected chi connectivity index (χ3v) is 5.25. The van der Waals surface area contributed by atoms with Gasteiger partial charge in [-0.15, -0.1) is 17.5 Å². The number of carboxylic acids is 1. The van der Waals surface area contributed by atoms with Crippen molar-refractivity contribution in [2.45, 2.75) is 11.7 Å². The summed E-state index contributed by atoms with van der Waals surface area (Å²) in [5.74, 6) is 1.38. The predicted octanol–water partition coefficient (Wildman–Crippen LogP) is 3.92. The summed E-state index contributed by atoms with van der Waals surface area (Å²) in [6.45, 7) is 1.35. The Kier molecular flexibility index (Phi) is 7.82. The van der Waals surface area contributed by atoms with Crippen LogP contribution in [0.4, 0.5) is 0 Å². The Morgan fingerprint density at radius 2 is 1.84 bits per heavy atom. The molecule has 0 amide bonds. The zero-order chi connectivity index (χ0) is 20.8. The summed E-state index contributed by atoms with van der Waals surface area (Å²) in [5, 5.41) is 25.0. The minimum absolute atomic E-state index is 0. The van der Waals surface area contributed by atoms with Crippen LogP contribution in [0.2, 0.25) is 0 Å². The molecule has 0 radical (unpaired) electrons. The van der Waals surface area contributed by atoms with E-state index in [0.29, 0.717) is 12.3 Å². The molecule has 10 heteroatoms. The molecule has 0 aliphatic carbocycles. The quantitative estimate of drug-likeness (QED) is 0.287. The first-order valence-corrected chi connectivity index (χ1v) is 10.3. The molecule has 4 aromatic rings. The number of para-hydroxylation sites is 1. The number of rotatable bonds is 9. The van der Waals surface area contributed by atoms with E-state index in [0.717, 1.165) is 34.5 Å². The number of nitrogens with zero attached hydrogens (tertiary/aromatic N) is 4. The van der Waals surface area contributed by atoms with Crippen molar-refractivity contribution in [1.29, 1.82) is 0 Å². The van der Waals surface area contributed by atoms with Gasteiger partial charge in [0.05, 0.1) is 17.8 Å².